The summed E-state index contributed by atoms with van der Waals surface area (Å²) in [5, 5.41) is 3.34. The lowest BCUT2D eigenvalue weighted by Crippen LogP contribution is -2.37. The Labute approximate surface area is 100.0 Å². The van der Waals surface area contributed by atoms with Crippen molar-refractivity contribution in [1.29, 1.82) is 0 Å². The van der Waals surface area contributed by atoms with E-state index in [-0.39, 0.29) is 6.10 Å². The van der Waals surface area contributed by atoms with Crippen LogP contribution in [-0.2, 0) is 0 Å². The highest BCUT2D eigenvalue weighted by molar-refractivity contribution is 5.79. The Kier molecular flexibility index (Phi) is 2.73. The van der Waals surface area contributed by atoms with Crippen LogP contribution in [0.15, 0.2) is 22.6 Å². The van der Waals surface area contributed by atoms with Gasteiger partial charge in [-0.1, -0.05) is 6.07 Å². The van der Waals surface area contributed by atoms with Crippen LogP contribution in [0.25, 0.3) is 11.1 Å². The third-order valence-electron chi connectivity index (χ3n) is 3.03. The molecule has 0 amide bonds. The van der Waals surface area contributed by atoms with Crippen molar-refractivity contribution in [2.24, 2.45) is 0 Å². The van der Waals surface area contributed by atoms with Crippen LogP contribution < -0.4 is 10.1 Å². The Morgan fingerprint density at radius 3 is 3.24 bits per heavy atom. The largest absolute Gasteiger partial charge is 0.485 e. The minimum Gasteiger partial charge on any atom is -0.485 e. The van der Waals surface area contributed by atoms with E-state index in [1.165, 1.54) is 0 Å². The highest BCUT2D eigenvalue weighted by Gasteiger charge is 2.17. The molecular weight excluding hydrogens is 216 g/mol. The normalized spacial score (nSPS) is 20.6. The highest BCUT2D eigenvalue weighted by atomic mass is 16.5. The van der Waals surface area contributed by atoms with Crippen LogP contribution in [0.1, 0.15) is 18.7 Å². The molecular formula is C13H16N2O2. The van der Waals surface area contributed by atoms with Crippen molar-refractivity contribution in [3.8, 4) is 5.75 Å². The van der Waals surface area contributed by atoms with Gasteiger partial charge in [-0.2, -0.15) is 0 Å². The zero-order valence-corrected chi connectivity index (χ0v) is 9.90. The van der Waals surface area contributed by atoms with Crippen LogP contribution in [0.3, 0.4) is 0 Å². The molecule has 1 aromatic carbocycles. The molecule has 0 spiro atoms. The summed E-state index contributed by atoms with van der Waals surface area (Å²) in [4.78, 5) is 4.30. The van der Waals surface area contributed by atoms with Gasteiger partial charge in [-0.3, -0.25) is 0 Å². The van der Waals surface area contributed by atoms with Gasteiger partial charge < -0.3 is 14.5 Å². The molecule has 17 heavy (non-hydrogen) atoms. The maximum atomic E-state index is 5.99. The Morgan fingerprint density at radius 2 is 2.41 bits per heavy atom. The number of rotatable bonds is 2. The average molecular weight is 232 g/mol. The van der Waals surface area contributed by atoms with Crippen LogP contribution in [0.4, 0.5) is 0 Å². The molecule has 0 saturated carbocycles. The molecule has 0 radical (unpaired) electrons. The summed E-state index contributed by atoms with van der Waals surface area (Å²) >= 11 is 0. The molecule has 0 bridgehead atoms. The minimum atomic E-state index is 0.236. The number of aromatic nitrogens is 1. The lowest BCUT2D eigenvalue weighted by atomic mass is 10.1. The van der Waals surface area contributed by atoms with E-state index in [9.17, 15) is 0 Å². The van der Waals surface area contributed by atoms with E-state index in [0.717, 1.165) is 42.8 Å². The Bertz CT molecular complexity index is 515. The third kappa shape index (κ3) is 2.13. The molecule has 90 valence electrons. The van der Waals surface area contributed by atoms with Gasteiger partial charge in [0.2, 0.25) is 0 Å². The highest BCUT2D eigenvalue weighted by Crippen LogP contribution is 2.27. The van der Waals surface area contributed by atoms with Gasteiger partial charge in [0.25, 0.3) is 0 Å². The van der Waals surface area contributed by atoms with Gasteiger partial charge >= 0.3 is 0 Å². The fourth-order valence-electron chi connectivity index (χ4n) is 2.23. The van der Waals surface area contributed by atoms with Crippen molar-refractivity contribution < 1.29 is 9.15 Å². The summed E-state index contributed by atoms with van der Waals surface area (Å²) in [6, 6.07) is 5.84. The number of piperidine rings is 1. The average Bonchev–Trinajstić information content (AvgIpc) is 2.72. The maximum Gasteiger partial charge on any atom is 0.196 e. The van der Waals surface area contributed by atoms with Gasteiger partial charge in [0, 0.05) is 13.5 Å². The predicted octanol–water partition coefficient (Wildman–Crippen LogP) is 2.27. The summed E-state index contributed by atoms with van der Waals surface area (Å²) < 4.78 is 11.6. The van der Waals surface area contributed by atoms with E-state index < -0.39 is 0 Å². The molecule has 1 unspecified atom stereocenters. The quantitative estimate of drug-likeness (QED) is 0.862. The number of oxazole rings is 1. The molecule has 4 heteroatoms. The van der Waals surface area contributed by atoms with Crippen LogP contribution in [-0.4, -0.2) is 24.2 Å². The Morgan fingerprint density at radius 1 is 1.47 bits per heavy atom. The van der Waals surface area contributed by atoms with Crippen LogP contribution in [0, 0.1) is 6.92 Å². The monoisotopic (exact) mass is 232 g/mol. The van der Waals surface area contributed by atoms with Crippen molar-refractivity contribution in [2.75, 3.05) is 13.1 Å². The van der Waals surface area contributed by atoms with Crippen molar-refractivity contribution >= 4 is 11.1 Å². The second kappa shape index (κ2) is 4.37. The molecule has 1 N–H and O–H groups in total. The fraction of sp³-hybridized carbons (Fsp3) is 0.462. The van der Waals surface area contributed by atoms with Gasteiger partial charge in [0.05, 0.1) is 0 Å². The van der Waals surface area contributed by atoms with E-state index >= 15 is 0 Å². The molecule has 1 fully saturated rings. The summed E-state index contributed by atoms with van der Waals surface area (Å²) in [6.45, 7) is 3.85. The lowest BCUT2D eigenvalue weighted by Gasteiger charge is -2.23. The number of para-hydroxylation sites is 1. The molecule has 2 heterocycles. The fourth-order valence-corrected chi connectivity index (χ4v) is 2.23. The SMILES string of the molecule is Cc1nc2cccc(OC3CCCNC3)c2o1. The first-order valence-corrected chi connectivity index (χ1v) is 6.06. The molecule has 2 aromatic rings. The molecule has 4 nitrogen and oxygen atoms in total. The number of nitrogens with zero attached hydrogens (tertiary/aromatic N) is 1. The summed E-state index contributed by atoms with van der Waals surface area (Å²) in [5.41, 5.74) is 1.62. The first kappa shape index (κ1) is 10.6. The van der Waals surface area contributed by atoms with Gasteiger partial charge in [-0.25, -0.2) is 4.98 Å². The van der Waals surface area contributed by atoms with Crippen LogP contribution in [0.5, 0.6) is 5.75 Å². The summed E-state index contributed by atoms with van der Waals surface area (Å²) in [7, 11) is 0. The van der Waals surface area contributed by atoms with Gasteiger partial charge in [0.15, 0.2) is 17.2 Å². The number of hydrogen-bond acceptors (Lipinski definition) is 4. The minimum absolute atomic E-state index is 0.236. The van der Waals surface area contributed by atoms with E-state index in [2.05, 4.69) is 10.3 Å². The van der Waals surface area contributed by atoms with E-state index in [4.69, 9.17) is 9.15 Å². The molecule has 1 saturated heterocycles. The zero-order valence-electron chi connectivity index (χ0n) is 9.90. The number of fused-ring (bicyclic) bond motifs is 1. The lowest BCUT2D eigenvalue weighted by molar-refractivity contribution is 0.167. The van der Waals surface area contributed by atoms with Crippen molar-refractivity contribution in [1.82, 2.24) is 10.3 Å². The summed E-state index contributed by atoms with van der Waals surface area (Å²) in [5.74, 6) is 1.48. The first-order chi connectivity index (χ1) is 8.33. The molecule has 3 rings (SSSR count). The zero-order chi connectivity index (χ0) is 11.7. The number of hydrogen-bond donors (Lipinski definition) is 1. The predicted molar refractivity (Wildman–Crippen MR) is 65.3 cm³/mol. The van der Waals surface area contributed by atoms with Gasteiger partial charge in [0.1, 0.15) is 11.6 Å². The van der Waals surface area contributed by atoms with Crippen molar-refractivity contribution in [3.63, 3.8) is 0 Å². The molecule has 1 atom stereocenters. The van der Waals surface area contributed by atoms with Crippen molar-refractivity contribution in [3.05, 3.63) is 24.1 Å². The van der Waals surface area contributed by atoms with Gasteiger partial charge in [-0.15, -0.1) is 0 Å². The number of benzene rings is 1. The smallest absolute Gasteiger partial charge is 0.196 e. The van der Waals surface area contributed by atoms with E-state index in [0.29, 0.717) is 5.89 Å². The topological polar surface area (TPSA) is 47.3 Å². The standard InChI is InChI=1S/C13H16N2O2/c1-9-15-11-5-2-6-12(13(11)16-9)17-10-4-3-7-14-8-10/h2,5-6,10,14H,3-4,7-8H2,1H3. The molecule has 1 aliphatic rings. The molecule has 0 aliphatic carbocycles. The second-order valence-electron chi connectivity index (χ2n) is 4.42. The summed E-state index contributed by atoms with van der Waals surface area (Å²) in [6.07, 6.45) is 2.49. The second-order valence-corrected chi connectivity index (χ2v) is 4.42. The Balaban J connectivity index is 1.88. The Hall–Kier alpha value is -1.55. The maximum absolute atomic E-state index is 5.99. The van der Waals surface area contributed by atoms with E-state index in [1.54, 1.807) is 0 Å². The van der Waals surface area contributed by atoms with Crippen molar-refractivity contribution in [2.45, 2.75) is 25.9 Å². The van der Waals surface area contributed by atoms with E-state index in [1.807, 2.05) is 25.1 Å². The number of nitrogens with one attached hydrogen (secondary N) is 1. The third-order valence-corrected chi connectivity index (χ3v) is 3.03. The molecule has 1 aliphatic heterocycles. The van der Waals surface area contributed by atoms with Crippen LogP contribution in [0.2, 0.25) is 0 Å². The molecule has 1 aromatic heterocycles. The van der Waals surface area contributed by atoms with Gasteiger partial charge in [-0.05, 0) is 31.5 Å². The first-order valence-electron chi connectivity index (χ1n) is 6.06. The number of aryl methyl sites for hydroxylation is 1. The number of ether oxygens (including phenoxy) is 1. The van der Waals surface area contributed by atoms with Crippen LogP contribution >= 0.6 is 0 Å².